The van der Waals surface area contributed by atoms with Gasteiger partial charge in [-0.3, -0.25) is 4.79 Å². The first-order valence-electron chi connectivity index (χ1n) is 7.64. The second-order valence-corrected chi connectivity index (χ2v) is 6.35. The molecule has 6 heteroatoms. The van der Waals surface area contributed by atoms with Crippen molar-refractivity contribution in [2.24, 2.45) is 0 Å². The highest BCUT2D eigenvalue weighted by Crippen LogP contribution is 2.17. The van der Waals surface area contributed by atoms with Crippen LogP contribution in [0.5, 0.6) is 0 Å². The molecule has 1 saturated heterocycles. The van der Waals surface area contributed by atoms with Crippen LogP contribution in [-0.2, 0) is 11.2 Å². The normalized spacial score (nSPS) is 18.2. The van der Waals surface area contributed by atoms with Crippen LogP contribution in [0.2, 0.25) is 0 Å². The number of aryl methyl sites for hydroxylation is 1. The van der Waals surface area contributed by atoms with Gasteiger partial charge in [0.25, 0.3) is 0 Å². The van der Waals surface area contributed by atoms with Gasteiger partial charge in [-0.2, -0.15) is 16.4 Å². The van der Waals surface area contributed by atoms with Crippen LogP contribution >= 0.6 is 11.3 Å². The van der Waals surface area contributed by atoms with E-state index in [4.69, 9.17) is 0 Å². The van der Waals surface area contributed by atoms with Crippen LogP contribution in [-0.4, -0.2) is 35.2 Å². The third-order valence-corrected chi connectivity index (χ3v) is 4.62. The summed E-state index contributed by atoms with van der Waals surface area (Å²) in [6.07, 6.45) is 5.14. The Balaban J connectivity index is 1.48. The molecule has 0 spiro atoms. The van der Waals surface area contributed by atoms with Crippen molar-refractivity contribution in [2.45, 2.75) is 31.7 Å². The van der Waals surface area contributed by atoms with Crippen molar-refractivity contribution < 1.29 is 4.79 Å². The maximum absolute atomic E-state index is 12.1. The fraction of sp³-hybridized carbons (Fsp3) is 0.438. The van der Waals surface area contributed by atoms with E-state index in [1.165, 1.54) is 5.56 Å². The fourth-order valence-corrected chi connectivity index (χ4v) is 3.46. The topological polar surface area (TPSA) is 58.1 Å². The van der Waals surface area contributed by atoms with Crippen molar-refractivity contribution in [3.63, 3.8) is 0 Å². The fourth-order valence-electron chi connectivity index (χ4n) is 2.76. The average molecular weight is 316 g/mol. The van der Waals surface area contributed by atoms with Crippen molar-refractivity contribution in [1.29, 1.82) is 0 Å². The van der Waals surface area contributed by atoms with Gasteiger partial charge in [0, 0.05) is 31.7 Å². The third kappa shape index (κ3) is 4.04. The first kappa shape index (κ1) is 15.0. The van der Waals surface area contributed by atoms with Gasteiger partial charge in [0.2, 0.25) is 5.91 Å². The Bertz CT molecular complexity index is 587. The van der Waals surface area contributed by atoms with Gasteiger partial charge >= 0.3 is 0 Å². The smallest absolute Gasteiger partial charge is 0.220 e. The Morgan fingerprint density at radius 1 is 1.45 bits per heavy atom. The Kier molecular flexibility index (Phi) is 5.00. The quantitative estimate of drug-likeness (QED) is 0.919. The number of aromatic nitrogens is 2. The summed E-state index contributed by atoms with van der Waals surface area (Å²) in [5.74, 6) is 1.02. The number of nitrogens with zero attached hydrogens (tertiary/aromatic N) is 3. The summed E-state index contributed by atoms with van der Waals surface area (Å²) in [6.45, 7) is 1.78. The predicted molar refractivity (Wildman–Crippen MR) is 88.0 cm³/mol. The molecule has 1 amide bonds. The summed E-state index contributed by atoms with van der Waals surface area (Å²) in [5.41, 5.74) is 1.24. The number of amides is 1. The Morgan fingerprint density at radius 3 is 3.18 bits per heavy atom. The van der Waals surface area contributed by atoms with Crippen LogP contribution < -0.4 is 10.2 Å². The zero-order chi connectivity index (χ0) is 15.2. The number of nitrogens with one attached hydrogen (secondary N) is 1. The van der Waals surface area contributed by atoms with Crippen molar-refractivity contribution in [1.82, 2.24) is 15.5 Å². The summed E-state index contributed by atoms with van der Waals surface area (Å²) >= 11 is 1.67. The van der Waals surface area contributed by atoms with E-state index in [1.807, 2.05) is 17.5 Å². The maximum Gasteiger partial charge on any atom is 0.220 e. The van der Waals surface area contributed by atoms with Crippen molar-refractivity contribution in [3.8, 4) is 0 Å². The number of hydrogen-bond donors (Lipinski definition) is 1. The molecule has 22 heavy (non-hydrogen) atoms. The van der Waals surface area contributed by atoms with Gasteiger partial charge in [0.1, 0.15) is 0 Å². The predicted octanol–water partition coefficient (Wildman–Crippen LogP) is 2.26. The lowest BCUT2D eigenvalue weighted by atomic mass is 10.1. The van der Waals surface area contributed by atoms with E-state index in [0.29, 0.717) is 6.42 Å². The van der Waals surface area contributed by atoms with Gasteiger partial charge in [-0.25, -0.2) is 0 Å². The highest BCUT2D eigenvalue weighted by molar-refractivity contribution is 7.07. The largest absolute Gasteiger partial charge is 0.353 e. The molecule has 116 valence electrons. The number of hydrogen-bond acceptors (Lipinski definition) is 5. The molecule has 0 saturated carbocycles. The Hall–Kier alpha value is -1.95. The second kappa shape index (κ2) is 7.35. The molecule has 1 fully saturated rings. The van der Waals surface area contributed by atoms with E-state index in [1.54, 1.807) is 17.5 Å². The minimum absolute atomic E-state index is 0.136. The molecule has 3 rings (SSSR count). The zero-order valence-corrected chi connectivity index (χ0v) is 13.3. The van der Waals surface area contributed by atoms with E-state index in [0.717, 1.165) is 38.2 Å². The number of carbonyl (C=O) groups is 1. The molecular formula is C16H20N4OS. The standard InChI is InChI=1S/C16H20N4OS/c21-16(6-5-13-7-10-22-12-13)18-14-3-2-9-20(11-14)15-4-1-8-17-19-15/h1,4,7-8,10,12,14H,2-3,5-6,9,11H2,(H,18,21). The van der Waals surface area contributed by atoms with Gasteiger partial charge < -0.3 is 10.2 Å². The first-order chi connectivity index (χ1) is 10.8. The average Bonchev–Trinajstić information content (AvgIpc) is 3.08. The van der Waals surface area contributed by atoms with E-state index >= 15 is 0 Å². The summed E-state index contributed by atoms with van der Waals surface area (Å²) < 4.78 is 0. The van der Waals surface area contributed by atoms with Crippen molar-refractivity contribution >= 4 is 23.1 Å². The van der Waals surface area contributed by atoms with Gasteiger partial charge in [-0.15, -0.1) is 5.10 Å². The molecule has 3 heterocycles. The summed E-state index contributed by atoms with van der Waals surface area (Å²) in [4.78, 5) is 14.3. The van der Waals surface area contributed by atoms with E-state index in [-0.39, 0.29) is 11.9 Å². The number of carbonyl (C=O) groups excluding carboxylic acids is 1. The molecule has 0 radical (unpaired) electrons. The molecule has 1 atom stereocenters. The number of rotatable bonds is 5. The van der Waals surface area contributed by atoms with Crippen LogP contribution in [0.25, 0.3) is 0 Å². The molecule has 2 aromatic heterocycles. The minimum atomic E-state index is 0.136. The van der Waals surface area contributed by atoms with E-state index in [9.17, 15) is 4.79 Å². The van der Waals surface area contributed by atoms with Crippen LogP contribution in [0.3, 0.4) is 0 Å². The van der Waals surface area contributed by atoms with Gasteiger partial charge in [0.05, 0.1) is 0 Å². The Morgan fingerprint density at radius 2 is 2.41 bits per heavy atom. The summed E-state index contributed by atoms with van der Waals surface area (Å²) in [5, 5.41) is 15.4. The minimum Gasteiger partial charge on any atom is -0.353 e. The molecular weight excluding hydrogens is 296 g/mol. The van der Waals surface area contributed by atoms with Crippen LogP contribution in [0, 0.1) is 0 Å². The summed E-state index contributed by atoms with van der Waals surface area (Å²) in [6, 6.07) is 6.14. The molecule has 5 nitrogen and oxygen atoms in total. The summed E-state index contributed by atoms with van der Waals surface area (Å²) in [7, 11) is 0. The Labute approximate surface area is 134 Å². The highest BCUT2D eigenvalue weighted by Gasteiger charge is 2.22. The lowest BCUT2D eigenvalue weighted by molar-refractivity contribution is -0.121. The van der Waals surface area contributed by atoms with Crippen LogP contribution in [0.4, 0.5) is 5.82 Å². The second-order valence-electron chi connectivity index (χ2n) is 5.57. The number of anilines is 1. The molecule has 0 bridgehead atoms. The molecule has 1 aliphatic rings. The monoisotopic (exact) mass is 316 g/mol. The van der Waals surface area contributed by atoms with Crippen molar-refractivity contribution in [2.75, 3.05) is 18.0 Å². The molecule has 2 aromatic rings. The van der Waals surface area contributed by atoms with Crippen LogP contribution in [0.15, 0.2) is 35.2 Å². The molecule has 1 N–H and O–H groups in total. The van der Waals surface area contributed by atoms with Gasteiger partial charge in [0.15, 0.2) is 5.82 Å². The molecule has 1 aliphatic heterocycles. The van der Waals surface area contributed by atoms with Gasteiger partial charge in [-0.05, 0) is 53.8 Å². The lowest BCUT2D eigenvalue weighted by Crippen LogP contribution is -2.48. The third-order valence-electron chi connectivity index (χ3n) is 3.89. The number of piperidine rings is 1. The maximum atomic E-state index is 12.1. The first-order valence-corrected chi connectivity index (χ1v) is 8.58. The van der Waals surface area contributed by atoms with Crippen molar-refractivity contribution in [3.05, 3.63) is 40.7 Å². The van der Waals surface area contributed by atoms with Crippen LogP contribution in [0.1, 0.15) is 24.8 Å². The van der Waals surface area contributed by atoms with E-state index < -0.39 is 0 Å². The molecule has 0 aliphatic carbocycles. The van der Waals surface area contributed by atoms with Gasteiger partial charge in [-0.1, -0.05) is 0 Å². The molecule has 1 unspecified atom stereocenters. The highest BCUT2D eigenvalue weighted by atomic mass is 32.1. The zero-order valence-electron chi connectivity index (χ0n) is 12.4. The molecule has 0 aromatic carbocycles. The van der Waals surface area contributed by atoms with E-state index in [2.05, 4.69) is 31.9 Å². The lowest BCUT2D eigenvalue weighted by Gasteiger charge is -2.33. The SMILES string of the molecule is O=C(CCc1ccsc1)NC1CCCN(c2cccnn2)C1. The number of thiophene rings is 1.